The largest absolute Gasteiger partial charge is 0.309 e. The zero-order chi connectivity index (χ0) is 16.0. The summed E-state index contributed by atoms with van der Waals surface area (Å²) in [5, 5.41) is 3.71. The van der Waals surface area contributed by atoms with E-state index in [-0.39, 0.29) is 0 Å². The third-order valence-corrected chi connectivity index (χ3v) is 3.81. The number of hydrogen-bond donors (Lipinski definition) is 1. The molecule has 1 atom stereocenters. The number of likely N-dealkylation sites (N-methyl/N-ethyl adjacent to an activating group) is 1. The van der Waals surface area contributed by atoms with E-state index in [9.17, 15) is 0 Å². The minimum atomic E-state index is 0.341. The van der Waals surface area contributed by atoms with Gasteiger partial charge in [-0.1, -0.05) is 45.9 Å². The molecule has 1 N–H and O–H groups in total. The molecular weight excluding hydrogens is 256 g/mol. The highest BCUT2D eigenvalue weighted by Gasteiger charge is 2.18. The number of nitrogens with one attached hydrogen (secondary N) is 1. The first-order valence-corrected chi connectivity index (χ1v) is 8.22. The maximum atomic E-state index is 3.71. The van der Waals surface area contributed by atoms with Crippen LogP contribution in [0.5, 0.6) is 0 Å². The van der Waals surface area contributed by atoms with Gasteiger partial charge < -0.3 is 10.2 Å². The lowest BCUT2D eigenvalue weighted by Crippen LogP contribution is -2.37. The van der Waals surface area contributed by atoms with Crippen molar-refractivity contribution in [2.24, 2.45) is 5.41 Å². The minimum Gasteiger partial charge on any atom is -0.309 e. The van der Waals surface area contributed by atoms with Crippen molar-refractivity contribution < 1.29 is 0 Å². The lowest BCUT2D eigenvalue weighted by Gasteiger charge is -2.30. The van der Waals surface area contributed by atoms with E-state index in [2.05, 4.69) is 77.0 Å². The molecule has 0 aromatic heterocycles. The lowest BCUT2D eigenvalue weighted by molar-refractivity contribution is 0.208. The molecule has 21 heavy (non-hydrogen) atoms. The predicted octanol–water partition coefficient (Wildman–Crippen LogP) is 4.32. The Morgan fingerprint density at radius 1 is 1.14 bits per heavy atom. The van der Waals surface area contributed by atoms with E-state index in [1.54, 1.807) is 0 Å². The highest BCUT2D eigenvalue weighted by Crippen LogP contribution is 2.20. The Morgan fingerprint density at radius 3 is 2.33 bits per heavy atom. The minimum absolute atomic E-state index is 0.341. The summed E-state index contributed by atoms with van der Waals surface area (Å²) in [5.74, 6) is 0. The summed E-state index contributed by atoms with van der Waals surface area (Å²) < 4.78 is 0. The van der Waals surface area contributed by atoms with Gasteiger partial charge in [0.25, 0.3) is 0 Å². The number of aryl methyl sites for hydroxylation is 2. The molecule has 0 heterocycles. The fourth-order valence-electron chi connectivity index (χ4n) is 2.77. The molecule has 0 bridgehead atoms. The smallest absolute Gasteiger partial charge is 0.0449 e. The van der Waals surface area contributed by atoms with Crippen molar-refractivity contribution in [3.8, 4) is 0 Å². The first-order chi connectivity index (χ1) is 9.73. The summed E-state index contributed by atoms with van der Waals surface area (Å²) in [6.07, 6.45) is 1.17. The quantitative estimate of drug-likeness (QED) is 0.804. The highest BCUT2D eigenvalue weighted by molar-refractivity contribution is 5.31. The van der Waals surface area contributed by atoms with Crippen LogP contribution in [0, 0.1) is 19.3 Å². The zero-order valence-electron chi connectivity index (χ0n) is 15.1. The number of hydrogen-bond acceptors (Lipinski definition) is 2. The Balaban J connectivity index is 2.81. The Kier molecular flexibility index (Phi) is 6.89. The summed E-state index contributed by atoms with van der Waals surface area (Å²) >= 11 is 0. The molecule has 2 nitrogen and oxygen atoms in total. The van der Waals surface area contributed by atoms with Gasteiger partial charge in [0.15, 0.2) is 0 Å². The van der Waals surface area contributed by atoms with Crippen molar-refractivity contribution in [1.82, 2.24) is 10.2 Å². The molecule has 0 saturated heterocycles. The molecule has 1 rings (SSSR count). The highest BCUT2D eigenvalue weighted by atomic mass is 15.1. The van der Waals surface area contributed by atoms with Gasteiger partial charge >= 0.3 is 0 Å². The summed E-state index contributed by atoms with van der Waals surface area (Å²) in [6.45, 7) is 16.7. The van der Waals surface area contributed by atoms with Gasteiger partial charge in [-0.15, -0.1) is 0 Å². The second-order valence-corrected chi connectivity index (χ2v) is 7.61. The van der Waals surface area contributed by atoms with Crippen molar-refractivity contribution in [3.05, 3.63) is 34.9 Å². The van der Waals surface area contributed by atoms with Gasteiger partial charge in [-0.05, 0) is 56.0 Å². The van der Waals surface area contributed by atoms with Crippen LogP contribution in [0.2, 0.25) is 0 Å². The Labute approximate surface area is 131 Å². The van der Waals surface area contributed by atoms with E-state index in [0.29, 0.717) is 11.5 Å². The van der Waals surface area contributed by atoms with Crippen LogP contribution in [0.4, 0.5) is 0 Å². The van der Waals surface area contributed by atoms with E-state index >= 15 is 0 Å². The molecule has 1 aromatic rings. The summed E-state index contributed by atoms with van der Waals surface area (Å²) in [5.41, 5.74) is 4.50. The normalized spacial score (nSPS) is 13.7. The van der Waals surface area contributed by atoms with Crippen molar-refractivity contribution in [2.75, 3.05) is 26.7 Å². The van der Waals surface area contributed by atoms with Crippen LogP contribution in [0.3, 0.4) is 0 Å². The standard InChI is InChI=1S/C19H34N2/c1-8-11-20-18(13-21(7)14-19(4,5)6)17-10-9-15(2)16(3)12-17/h9-10,12,18,20H,8,11,13-14H2,1-7H3. The fourth-order valence-corrected chi connectivity index (χ4v) is 2.77. The molecule has 1 unspecified atom stereocenters. The van der Waals surface area contributed by atoms with E-state index in [1.807, 2.05) is 0 Å². The molecule has 0 aliphatic carbocycles. The summed E-state index contributed by atoms with van der Waals surface area (Å²) in [6, 6.07) is 7.28. The lowest BCUT2D eigenvalue weighted by atomic mass is 9.95. The molecule has 0 radical (unpaired) electrons. The topological polar surface area (TPSA) is 15.3 Å². The first kappa shape index (κ1) is 18.2. The molecule has 120 valence electrons. The molecule has 0 saturated carbocycles. The molecule has 1 aromatic carbocycles. The molecule has 2 heteroatoms. The maximum Gasteiger partial charge on any atom is 0.0449 e. The van der Waals surface area contributed by atoms with E-state index in [0.717, 1.165) is 19.6 Å². The molecule has 0 fully saturated rings. The average Bonchev–Trinajstić information content (AvgIpc) is 2.35. The fraction of sp³-hybridized carbons (Fsp3) is 0.684. The van der Waals surface area contributed by atoms with E-state index in [1.165, 1.54) is 23.1 Å². The van der Waals surface area contributed by atoms with E-state index < -0.39 is 0 Å². The SMILES string of the molecule is CCCNC(CN(C)CC(C)(C)C)c1ccc(C)c(C)c1. The van der Waals surface area contributed by atoms with Gasteiger partial charge in [-0.25, -0.2) is 0 Å². The van der Waals surface area contributed by atoms with Crippen LogP contribution in [0.1, 0.15) is 56.8 Å². The van der Waals surface area contributed by atoms with Crippen LogP contribution in [-0.2, 0) is 0 Å². The number of nitrogens with zero attached hydrogens (tertiary/aromatic N) is 1. The van der Waals surface area contributed by atoms with Crippen molar-refractivity contribution in [2.45, 2.75) is 54.0 Å². The Bertz CT molecular complexity index is 432. The van der Waals surface area contributed by atoms with Crippen LogP contribution in [0.25, 0.3) is 0 Å². The summed E-state index contributed by atoms with van der Waals surface area (Å²) in [7, 11) is 2.23. The van der Waals surface area contributed by atoms with Crippen molar-refractivity contribution in [3.63, 3.8) is 0 Å². The maximum absolute atomic E-state index is 3.71. The van der Waals surface area contributed by atoms with Crippen LogP contribution in [-0.4, -0.2) is 31.6 Å². The third-order valence-electron chi connectivity index (χ3n) is 3.81. The molecule has 0 aliphatic rings. The molecular formula is C19H34N2. The van der Waals surface area contributed by atoms with Crippen LogP contribution < -0.4 is 5.32 Å². The molecule has 0 amide bonds. The Morgan fingerprint density at radius 2 is 1.81 bits per heavy atom. The molecule has 0 aliphatic heterocycles. The first-order valence-electron chi connectivity index (χ1n) is 8.22. The van der Waals surface area contributed by atoms with Gasteiger partial charge in [-0.3, -0.25) is 0 Å². The van der Waals surface area contributed by atoms with Crippen LogP contribution >= 0.6 is 0 Å². The van der Waals surface area contributed by atoms with Gasteiger partial charge in [0.05, 0.1) is 0 Å². The summed E-state index contributed by atoms with van der Waals surface area (Å²) in [4.78, 5) is 2.45. The number of rotatable bonds is 7. The van der Waals surface area contributed by atoms with Gasteiger partial charge in [0.1, 0.15) is 0 Å². The third kappa shape index (κ3) is 6.62. The average molecular weight is 290 g/mol. The number of benzene rings is 1. The van der Waals surface area contributed by atoms with Gasteiger partial charge in [0, 0.05) is 19.1 Å². The monoisotopic (exact) mass is 290 g/mol. The van der Waals surface area contributed by atoms with Crippen molar-refractivity contribution in [1.29, 1.82) is 0 Å². The van der Waals surface area contributed by atoms with Crippen LogP contribution in [0.15, 0.2) is 18.2 Å². The second kappa shape index (κ2) is 7.95. The van der Waals surface area contributed by atoms with Crippen molar-refractivity contribution >= 4 is 0 Å². The zero-order valence-corrected chi connectivity index (χ0v) is 15.1. The second-order valence-electron chi connectivity index (χ2n) is 7.61. The predicted molar refractivity (Wildman–Crippen MR) is 93.9 cm³/mol. The van der Waals surface area contributed by atoms with Gasteiger partial charge in [-0.2, -0.15) is 0 Å². The van der Waals surface area contributed by atoms with Gasteiger partial charge in [0.2, 0.25) is 0 Å². The Hall–Kier alpha value is -0.860. The van der Waals surface area contributed by atoms with E-state index in [4.69, 9.17) is 0 Å². The molecule has 0 spiro atoms.